The standard InChI is InChI=1S/C13H10F2N2O4/c1-21-5-9-10(12(18)19)11(17-13(20)16-9)6-2-3-7(14)8(15)4-6/h2-4H,5H2,1H3,(H,18,19)(H,16,17,20). The largest absolute Gasteiger partial charge is 0.478 e. The van der Waals surface area contributed by atoms with Gasteiger partial charge in [0.25, 0.3) is 0 Å². The number of nitrogens with one attached hydrogen (secondary N) is 1. The van der Waals surface area contributed by atoms with Crippen molar-refractivity contribution in [3.63, 3.8) is 0 Å². The van der Waals surface area contributed by atoms with Crippen molar-refractivity contribution in [3.8, 4) is 11.3 Å². The highest BCUT2D eigenvalue weighted by molar-refractivity contribution is 5.95. The van der Waals surface area contributed by atoms with Crippen molar-refractivity contribution in [2.45, 2.75) is 6.61 Å². The predicted octanol–water partition coefficient (Wildman–Crippen LogP) is 1.56. The number of benzene rings is 1. The van der Waals surface area contributed by atoms with Crippen molar-refractivity contribution < 1.29 is 23.4 Å². The smallest absolute Gasteiger partial charge is 0.345 e. The van der Waals surface area contributed by atoms with Gasteiger partial charge in [-0.15, -0.1) is 0 Å². The Balaban J connectivity index is 2.74. The first-order chi connectivity index (χ1) is 9.93. The molecule has 0 aliphatic carbocycles. The number of halogens is 2. The maximum Gasteiger partial charge on any atom is 0.345 e. The first-order valence-corrected chi connectivity index (χ1v) is 5.75. The van der Waals surface area contributed by atoms with Gasteiger partial charge in [-0.1, -0.05) is 0 Å². The summed E-state index contributed by atoms with van der Waals surface area (Å²) in [4.78, 5) is 28.7. The SMILES string of the molecule is COCc1[nH]c(=O)nc(-c2ccc(F)c(F)c2)c1C(=O)O. The quantitative estimate of drug-likeness (QED) is 0.893. The number of hydrogen-bond acceptors (Lipinski definition) is 4. The van der Waals surface area contributed by atoms with E-state index in [0.717, 1.165) is 18.2 Å². The molecule has 0 aliphatic heterocycles. The number of carbonyl (C=O) groups is 1. The topological polar surface area (TPSA) is 92.3 Å². The number of aromatic nitrogens is 2. The van der Waals surface area contributed by atoms with Crippen molar-refractivity contribution in [2.75, 3.05) is 7.11 Å². The van der Waals surface area contributed by atoms with Gasteiger partial charge in [0.2, 0.25) is 0 Å². The monoisotopic (exact) mass is 296 g/mol. The lowest BCUT2D eigenvalue weighted by Crippen LogP contribution is -2.20. The molecule has 0 bridgehead atoms. The maximum atomic E-state index is 13.3. The van der Waals surface area contributed by atoms with E-state index in [-0.39, 0.29) is 29.1 Å². The summed E-state index contributed by atoms with van der Waals surface area (Å²) in [7, 11) is 1.32. The molecule has 0 atom stereocenters. The zero-order valence-electron chi connectivity index (χ0n) is 10.8. The molecule has 1 aromatic carbocycles. The highest BCUT2D eigenvalue weighted by atomic mass is 19.2. The van der Waals surface area contributed by atoms with Gasteiger partial charge >= 0.3 is 11.7 Å². The second kappa shape index (κ2) is 5.80. The van der Waals surface area contributed by atoms with E-state index in [0.29, 0.717) is 0 Å². The number of hydrogen-bond donors (Lipinski definition) is 2. The van der Waals surface area contributed by atoms with Gasteiger partial charge in [0, 0.05) is 12.7 Å². The number of carboxylic acids is 1. The molecule has 0 saturated heterocycles. The molecule has 1 heterocycles. The molecule has 0 saturated carbocycles. The number of aromatic carboxylic acids is 1. The molecule has 0 fully saturated rings. The van der Waals surface area contributed by atoms with Crippen LogP contribution in [0.4, 0.5) is 8.78 Å². The Labute approximate surface area is 117 Å². The van der Waals surface area contributed by atoms with Crippen LogP contribution in [0.25, 0.3) is 11.3 Å². The zero-order chi connectivity index (χ0) is 15.6. The number of H-pyrrole nitrogens is 1. The van der Waals surface area contributed by atoms with Crippen LogP contribution in [0, 0.1) is 11.6 Å². The van der Waals surface area contributed by atoms with Gasteiger partial charge in [-0.05, 0) is 18.2 Å². The molecule has 2 aromatic rings. The molecule has 1 aromatic heterocycles. The van der Waals surface area contributed by atoms with E-state index >= 15 is 0 Å². The van der Waals surface area contributed by atoms with Gasteiger partial charge in [0.05, 0.1) is 18.0 Å². The number of carboxylic acid groups (broad SMARTS) is 1. The molecule has 21 heavy (non-hydrogen) atoms. The Kier molecular flexibility index (Phi) is 4.08. The second-order valence-corrected chi connectivity index (χ2v) is 4.11. The molecule has 8 heteroatoms. The van der Waals surface area contributed by atoms with Crippen molar-refractivity contribution in [1.82, 2.24) is 9.97 Å². The van der Waals surface area contributed by atoms with E-state index in [1.165, 1.54) is 7.11 Å². The summed E-state index contributed by atoms with van der Waals surface area (Å²) in [5, 5.41) is 9.26. The Bertz CT molecular complexity index is 758. The minimum Gasteiger partial charge on any atom is -0.478 e. The third-order valence-electron chi connectivity index (χ3n) is 2.71. The summed E-state index contributed by atoms with van der Waals surface area (Å²) >= 11 is 0. The molecule has 0 radical (unpaired) electrons. The average Bonchev–Trinajstić information content (AvgIpc) is 2.41. The average molecular weight is 296 g/mol. The van der Waals surface area contributed by atoms with E-state index in [4.69, 9.17) is 4.74 Å². The van der Waals surface area contributed by atoms with Crippen LogP contribution in [0.15, 0.2) is 23.0 Å². The van der Waals surface area contributed by atoms with Crippen molar-refractivity contribution in [2.24, 2.45) is 0 Å². The summed E-state index contributed by atoms with van der Waals surface area (Å²) in [6.07, 6.45) is 0. The van der Waals surface area contributed by atoms with Crippen LogP contribution >= 0.6 is 0 Å². The lowest BCUT2D eigenvalue weighted by atomic mass is 10.0. The normalized spacial score (nSPS) is 10.6. The Hall–Kier alpha value is -2.61. The molecule has 6 nitrogen and oxygen atoms in total. The molecular weight excluding hydrogens is 286 g/mol. The first kappa shape index (κ1) is 14.8. The van der Waals surface area contributed by atoms with Crippen LogP contribution < -0.4 is 5.69 Å². The van der Waals surface area contributed by atoms with Crippen LogP contribution in [0.1, 0.15) is 16.1 Å². The maximum absolute atomic E-state index is 13.3. The minimum atomic E-state index is -1.37. The van der Waals surface area contributed by atoms with Gasteiger partial charge in [-0.3, -0.25) is 0 Å². The predicted molar refractivity (Wildman–Crippen MR) is 67.9 cm³/mol. The molecule has 0 spiro atoms. The van der Waals surface area contributed by atoms with Gasteiger partial charge in [-0.25, -0.2) is 18.4 Å². The van der Waals surface area contributed by atoms with Crippen LogP contribution in [-0.2, 0) is 11.3 Å². The molecule has 0 unspecified atom stereocenters. The van der Waals surface area contributed by atoms with Gasteiger partial charge in [0.15, 0.2) is 11.6 Å². The number of nitrogens with zero attached hydrogens (tertiary/aromatic N) is 1. The van der Waals surface area contributed by atoms with Gasteiger partial charge in [-0.2, -0.15) is 4.98 Å². The van der Waals surface area contributed by atoms with Gasteiger partial charge in [0.1, 0.15) is 5.56 Å². The first-order valence-electron chi connectivity index (χ1n) is 5.75. The minimum absolute atomic E-state index is 0.00951. The fourth-order valence-corrected chi connectivity index (χ4v) is 1.86. The molecule has 0 amide bonds. The molecule has 0 aliphatic rings. The highest BCUT2D eigenvalue weighted by Crippen LogP contribution is 2.24. The Morgan fingerprint density at radius 3 is 2.67 bits per heavy atom. The van der Waals surface area contributed by atoms with Crippen molar-refractivity contribution in [3.05, 3.63) is 51.6 Å². The zero-order valence-corrected chi connectivity index (χ0v) is 10.8. The number of ether oxygens (including phenoxy) is 1. The summed E-state index contributed by atoms with van der Waals surface area (Å²) in [6.45, 7) is -0.171. The Morgan fingerprint density at radius 2 is 2.10 bits per heavy atom. The number of rotatable bonds is 4. The summed E-state index contributed by atoms with van der Waals surface area (Å²) < 4.78 is 31.1. The molecular formula is C13H10F2N2O4. The lowest BCUT2D eigenvalue weighted by Gasteiger charge is -2.10. The van der Waals surface area contributed by atoms with Crippen LogP contribution in [-0.4, -0.2) is 28.2 Å². The van der Waals surface area contributed by atoms with E-state index in [1.807, 2.05) is 0 Å². The van der Waals surface area contributed by atoms with Crippen LogP contribution in [0.3, 0.4) is 0 Å². The summed E-state index contributed by atoms with van der Waals surface area (Å²) in [5.41, 5.74) is -1.43. The molecule has 2 N–H and O–H groups in total. The number of aromatic amines is 1. The van der Waals surface area contributed by atoms with E-state index in [9.17, 15) is 23.5 Å². The summed E-state index contributed by atoms with van der Waals surface area (Å²) in [6, 6.07) is 2.75. The highest BCUT2D eigenvalue weighted by Gasteiger charge is 2.21. The van der Waals surface area contributed by atoms with Crippen LogP contribution in [0.5, 0.6) is 0 Å². The van der Waals surface area contributed by atoms with Crippen molar-refractivity contribution in [1.29, 1.82) is 0 Å². The van der Waals surface area contributed by atoms with E-state index in [1.54, 1.807) is 0 Å². The Morgan fingerprint density at radius 1 is 1.38 bits per heavy atom. The van der Waals surface area contributed by atoms with E-state index in [2.05, 4.69) is 9.97 Å². The fourth-order valence-electron chi connectivity index (χ4n) is 1.86. The third-order valence-corrected chi connectivity index (χ3v) is 2.71. The van der Waals surface area contributed by atoms with Crippen molar-refractivity contribution >= 4 is 5.97 Å². The lowest BCUT2D eigenvalue weighted by molar-refractivity contribution is 0.0691. The molecule has 110 valence electrons. The summed E-state index contributed by atoms with van der Waals surface area (Å²) in [5.74, 6) is -3.62. The third kappa shape index (κ3) is 2.95. The fraction of sp³-hybridized carbons (Fsp3) is 0.154. The van der Waals surface area contributed by atoms with Crippen LogP contribution in [0.2, 0.25) is 0 Å². The van der Waals surface area contributed by atoms with Gasteiger partial charge < -0.3 is 14.8 Å². The van der Waals surface area contributed by atoms with E-state index < -0.39 is 23.3 Å². The second-order valence-electron chi connectivity index (χ2n) is 4.11. The molecule has 2 rings (SSSR count). The number of methoxy groups -OCH3 is 1.